The molecule has 3 N–H and O–H groups in total. The number of nitrogens with two attached hydrogens (primary N) is 1. The summed E-state index contributed by atoms with van der Waals surface area (Å²) in [7, 11) is 0. The Balaban J connectivity index is 1.69. The fourth-order valence-electron chi connectivity index (χ4n) is 4.82. The van der Waals surface area contributed by atoms with Crippen LogP contribution in [0.3, 0.4) is 0 Å². The predicted molar refractivity (Wildman–Crippen MR) is 146 cm³/mol. The molecule has 1 saturated heterocycles. The van der Waals surface area contributed by atoms with Gasteiger partial charge in [-0.3, -0.25) is 4.79 Å². The van der Waals surface area contributed by atoms with Gasteiger partial charge in [-0.15, -0.1) is 5.10 Å². The van der Waals surface area contributed by atoms with Crippen LogP contribution in [0.4, 0.5) is 8.78 Å². The number of fused-ring (bicyclic) bond motifs is 1. The van der Waals surface area contributed by atoms with Crippen molar-refractivity contribution in [1.82, 2.24) is 19.9 Å². The Morgan fingerprint density at radius 1 is 1.21 bits per heavy atom. The number of hydrogen-bond donors (Lipinski definition) is 2. The Morgan fingerprint density at radius 2 is 1.97 bits per heavy atom. The molecule has 1 aliphatic rings. The second-order valence-electron chi connectivity index (χ2n) is 10.3. The average Bonchev–Trinajstić information content (AvgIpc) is 3.50. The fraction of sp³-hybridized carbons (Fsp3) is 0.286. The lowest BCUT2D eigenvalue weighted by atomic mass is 9.91. The Morgan fingerprint density at radius 3 is 2.62 bits per heavy atom. The van der Waals surface area contributed by atoms with Crippen molar-refractivity contribution in [2.75, 3.05) is 13.1 Å². The zero-order valence-corrected chi connectivity index (χ0v) is 22.8. The number of halogens is 3. The van der Waals surface area contributed by atoms with Crippen LogP contribution >= 0.6 is 15.9 Å². The van der Waals surface area contributed by atoms with Gasteiger partial charge in [-0.25, -0.2) is 13.5 Å². The second-order valence-corrected chi connectivity index (χ2v) is 11.1. The number of hydrogen-bond acceptors (Lipinski definition) is 6. The third-order valence-electron chi connectivity index (χ3n) is 6.69. The van der Waals surface area contributed by atoms with Crippen LogP contribution in [0.5, 0.6) is 0 Å². The number of nitriles is 1. The number of carbonyl (C=O) groups excluding carboxylic acids is 1. The number of aliphatic hydroxyl groups is 1. The van der Waals surface area contributed by atoms with Gasteiger partial charge in [0.1, 0.15) is 28.7 Å². The molecule has 0 radical (unpaired) electrons. The minimum Gasteiger partial charge on any atom is -0.389 e. The van der Waals surface area contributed by atoms with Gasteiger partial charge < -0.3 is 15.7 Å². The number of aromatic nitrogens is 3. The van der Waals surface area contributed by atoms with Gasteiger partial charge in [0.2, 0.25) is 0 Å². The smallest absolute Gasteiger partial charge is 0.253 e. The highest BCUT2D eigenvalue weighted by Gasteiger charge is 2.27. The molecule has 0 spiro atoms. The van der Waals surface area contributed by atoms with Crippen molar-refractivity contribution in [3.63, 3.8) is 0 Å². The summed E-state index contributed by atoms with van der Waals surface area (Å²) in [5, 5.41) is 27.7. The van der Waals surface area contributed by atoms with Gasteiger partial charge in [0, 0.05) is 30.3 Å². The highest BCUT2D eigenvalue weighted by Crippen LogP contribution is 2.40. The summed E-state index contributed by atoms with van der Waals surface area (Å²) >= 11 is 3.34. The highest BCUT2D eigenvalue weighted by atomic mass is 79.9. The molecule has 0 bridgehead atoms. The molecule has 1 aliphatic heterocycles. The number of nitrogens with zero attached hydrogens (tertiary/aromatic N) is 5. The van der Waals surface area contributed by atoms with Gasteiger partial charge in [0.15, 0.2) is 0 Å². The fourth-order valence-corrected chi connectivity index (χ4v) is 5.44. The lowest BCUT2D eigenvalue weighted by Gasteiger charge is -2.19. The minimum absolute atomic E-state index is 0.0909. The molecule has 39 heavy (non-hydrogen) atoms. The van der Waals surface area contributed by atoms with Gasteiger partial charge in [-0.05, 0) is 83.2 Å². The van der Waals surface area contributed by atoms with Gasteiger partial charge in [0.05, 0.1) is 22.2 Å². The van der Waals surface area contributed by atoms with Crippen molar-refractivity contribution in [3.05, 3.63) is 69.7 Å². The number of amides is 1. The normalized spacial score (nSPS) is 15.6. The predicted octanol–water partition coefficient (Wildman–Crippen LogP) is 4.62. The molecule has 3 aromatic carbocycles. The van der Waals surface area contributed by atoms with Crippen LogP contribution in [0.1, 0.15) is 36.2 Å². The van der Waals surface area contributed by atoms with Crippen LogP contribution in [0.2, 0.25) is 0 Å². The maximum atomic E-state index is 16.0. The highest BCUT2D eigenvalue weighted by molar-refractivity contribution is 9.10. The summed E-state index contributed by atoms with van der Waals surface area (Å²) in [5.74, 6) is -1.56. The molecule has 200 valence electrons. The minimum atomic E-state index is -1.11. The molecular formula is C28H25BrF2N6O2. The van der Waals surface area contributed by atoms with Crippen LogP contribution in [-0.4, -0.2) is 55.6 Å². The van der Waals surface area contributed by atoms with Crippen molar-refractivity contribution in [3.8, 4) is 28.3 Å². The van der Waals surface area contributed by atoms with E-state index in [0.717, 1.165) is 0 Å². The molecule has 1 atom stereocenters. The Kier molecular flexibility index (Phi) is 6.97. The van der Waals surface area contributed by atoms with Crippen LogP contribution < -0.4 is 5.73 Å². The molecule has 4 aromatic rings. The first-order chi connectivity index (χ1) is 18.5. The lowest BCUT2D eigenvalue weighted by molar-refractivity contribution is 0.0584. The van der Waals surface area contributed by atoms with E-state index in [1.165, 1.54) is 22.9 Å². The Hall–Kier alpha value is -3.72. The molecule has 5 rings (SSSR count). The molecule has 8 nitrogen and oxygen atoms in total. The standard InChI is InChI=1S/C28H25BrF2N6O2/c1-28(2,39)14-37-26-23(34-35-37)11-21(25(31)24(26)29)19-6-5-16(27(38)36-8-7-18(33)13-36)9-20(19)15-3-4-17(12-32)22(30)10-15/h3-6,9-11,18,39H,7-8,13-14,33H2,1-2H3/t18-/m0/s1. The molecule has 2 heterocycles. The van der Waals surface area contributed by atoms with Crippen LogP contribution in [0.25, 0.3) is 33.3 Å². The van der Waals surface area contributed by atoms with E-state index >= 15 is 4.39 Å². The van der Waals surface area contributed by atoms with Crippen molar-refractivity contribution in [2.45, 2.75) is 38.5 Å². The van der Waals surface area contributed by atoms with Gasteiger partial charge >= 0.3 is 0 Å². The van der Waals surface area contributed by atoms with Crippen molar-refractivity contribution >= 4 is 32.9 Å². The van der Waals surface area contributed by atoms with Gasteiger partial charge in [-0.1, -0.05) is 17.3 Å². The topological polar surface area (TPSA) is 121 Å². The molecule has 0 unspecified atom stereocenters. The first-order valence-electron chi connectivity index (χ1n) is 12.3. The zero-order valence-electron chi connectivity index (χ0n) is 21.3. The van der Waals surface area contributed by atoms with E-state index in [0.29, 0.717) is 52.8 Å². The summed E-state index contributed by atoms with van der Waals surface area (Å²) in [6.07, 6.45) is 0.699. The van der Waals surface area contributed by atoms with E-state index in [9.17, 15) is 19.6 Å². The molecule has 0 saturated carbocycles. The number of carbonyl (C=O) groups is 1. The van der Waals surface area contributed by atoms with E-state index in [-0.39, 0.29) is 34.1 Å². The van der Waals surface area contributed by atoms with Crippen LogP contribution in [0.15, 0.2) is 46.9 Å². The molecule has 11 heteroatoms. The number of likely N-dealkylation sites (tertiary alicyclic amines) is 1. The van der Waals surface area contributed by atoms with Crippen molar-refractivity contribution in [2.24, 2.45) is 5.73 Å². The first-order valence-corrected chi connectivity index (χ1v) is 13.1. The number of rotatable bonds is 5. The molecule has 1 amide bonds. The van der Waals surface area contributed by atoms with Crippen LogP contribution in [-0.2, 0) is 6.54 Å². The molecule has 1 aromatic heterocycles. The lowest BCUT2D eigenvalue weighted by Crippen LogP contribution is -2.31. The van der Waals surface area contributed by atoms with E-state index < -0.39 is 17.2 Å². The monoisotopic (exact) mass is 594 g/mol. The van der Waals surface area contributed by atoms with E-state index in [1.54, 1.807) is 49.1 Å². The molecule has 0 aliphatic carbocycles. The van der Waals surface area contributed by atoms with Crippen LogP contribution in [0, 0.1) is 23.0 Å². The summed E-state index contributed by atoms with van der Waals surface area (Å²) in [4.78, 5) is 14.9. The quantitative estimate of drug-likeness (QED) is 0.348. The van der Waals surface area contributed by atoms with Crippen molar-refractivity contribution in [1.29, 1.82) is 5.26 Å². The zero-order chi connectivity index (χ0) is 28.1. The SMILES string of the molecule is CC(C)(O)Cn1nnc2cc(-c3ccc(C(=O)N4CC[C@H](N)C4)cc3-c3ccc(C#N)c(F)c3)c(F)c(Br)c21. The largest absolute Gasteiger partial charge is 0.389 e. The van der Waals surface area contributed by atoms with E-state index in [1.807, 2.05) is 0 Å². The Bertz CT molecular complexity index is 1660. The molecular weight excluding hydrogens is 570 g/mol. The second kappa shape index (κ2) is 10.1. The summed E-state index contributed by atoms with van der Waals surface area (Å²) < 4.78 is 32.2. The van der Waals surface area contributed by atoms with E-state index in [2.05, 4.69) is 26.2 Å². The number of benzene rings is 3. The third-order valence-corrected chi connectivity index (χ3v) is 7.41. The van der Waals surface area contributed by atoms with Crippen molar-refractivity contribution < 1.29 is 18.7 Å². The summed E-state index contributed by atoms with van der Waals surface area (Å²) in [6.45, 7) is 4.27. The summed E-state index contributed by atoms with van der Waals surface area (Å²) in [5.41, 5.74) is 7.18. The van der Waals surface area contributed by atoms with E-state index in [4.69, 9.17) is 5.73 Å². The molecule has 1 fully saturated rings. The maximum absolute atomic E-state index is 16.0. The van der Waals surface area contributed by atoms with Gasteiger partial charge in [-0.2, -0.15) is 5.26 Å². The Labute approximate surface area is 231 Å². The summed E-state index contributed by atoms with van der Waals surface area (Å²) in [6, 6.07) is 12.2. The average molecular weight is 595 g/mol. The maximum Gasteiger partial charge on any atom is 0.253 e. The first kappa shape index (κ1) is 26.9. The van der Waals surface area contributed by atoms with Gasteiger partial charge in [0.25, 0.3) is 5.91 Å². The third kappa shape index (κ3) is 5.15.